The van der Waals surface area contributed by atoms with Crippen LogP contribution in [0.25, 0.3) is 0 Å². The van der Waals surface area contributed by atoms with Crippen LogP contribution in [0.4, 0.5) is 5.69 Å². The molecule has 21 heavy (non-hydrogen) atoms. The number of carbonyl (C=O) groups excluding carboxylic acids is 1. The average Bonchev–Trinajstić information content (AvgIpc) is 2.67. The number of fused-ring (bicyclic) bond motifs is 1. The van der Waals surface area contributed by atoms with Gasteiger partial charge in [-0.25, -0.2) is 0 Å². The maximum absolute atomic E-state index is 12.4. The van der Waals surface area contributed by atoms with Crippen LogP contribution in [0.1, 0.15) is 37.7 Å². The van der Waals surface area contributed by atoms with Gasteiger partial charge in [0.25, 0.3) is 0 Å². The Kier molecular flexibility index (Phi) is 4.56. The highest BCUT2D eigenvalue weighted by molar-refractivity contribution is 5.96. The molecule has 0 spiro atoms. The van der Waals surface area contributed by atoms with Gasteiger partial charge in [-0.3, -0.25) is 4.79 Å². The number of hydrogen-bond acceptors (Lipinski definition) is 3. The molecule has 3 unspecified atom stereocenters. The number of nitrogens with one attached hydrogen (secondary N) is 2. The van der Waals surface area contributed by atoms with Crippen molar-refractivity contribution in [3.05, 3.63) is 29.8 Å². The summed E-state index contributed by atoms with van der Waals surface area (Å²) in [6.07, 6.45) is 6.21. The standard InChI is InChI=1S/C17H24N2O2/c20-11-13-6-2-4-8-15(13)18-16-10-9-12-5-1-3-7-14(12)19-17(16)21/h1,3,5,7,13,15-16,18,20H,2,4,6,8-11H2,(H,19,21). The van der Waals surface area contributed by atoms with Gasteiger partial charge < -0.3 is 15.7 Å². The summed E-state index contributed by atoms with van der Waals surface area (Å²) < 4.78 is 0. The molecule has 1 heterocycles. The van der Waals surface area contributed by atoms with Gasteiger partial charge in [-0.05, 0) is 43.2 Å². The van der Waals surface area contributed by atoms with Crippen molar-refractivity contribution in [2.24, 2.45) is 5.92 Å². The third-order valence-electron chi connectivity index (χ3n) is 4.85. The number of amides is 1. The Labute approximate surface area is 125 Å². The van der Waals surface area contributed by atoms with E-state index in [0.29, 0.717) is 0 Å². The Morgan fingerprint density at radius 2 is 2.00 bits per heavy atom. The second kappa shape index (κ2) is 6.58. The SMILES string of the molecule is O=C1Nc2ccccc2CCC1NC1CCCCC1CO. The fourth-order valence-electron chi connectivity index (χ4n) is 3.57. The van der Waals surface area contributed by atoms with E-state index in [0.717, 1.165) is 31.4 Å². The average molecular weight is 288 g/mol. The van der Waals surface area contributed by atoms with E-state index < -0.39 is 0 Å². The summed E-state index contributed by atoms with van der Waals surface area (Å²) in [5.41, 5.74) is 2.15. The zero-order valence-electron chi connectivity index (χ0n) is 12.3. The normalized spacial score (nSPS) is 29.4. The van der Waals surface area contributed by atoms with Crippen molar-refractivity contribution in [3.8, 4) is 0 Å². The van der Waals surface area contributed by atoms with Crippen LogP contribution in [0, 0.1) is 5.92 Å². The van der Waals surface area contributed by atoms with E-state index in [9.17, 15) is 9.90 Å². The van der Waals surface area contributed by atoms with Crippen molar-refractivity contribution in [2.45, 2.75) is 50.6 Å². The molecule has 3 rings (SSSR count). The minimum absolute atomic E-state index is 0.0576. The van der Waals surface area contributed by atoms with Crippen LogP contribution in [-0.2, 0) is 11.2 Å². The lowest BCUT2D eigenvalue weighted by atomic mass is 9.84. The highest BCUT2D eigenvalue weighted by Crippen LogP contribution is 2.26. The summed E-state index contributed by atoms with van der Waals surface area (Å²) in [5.74, 6) is 0.347. The summed E-state index contributed by atoms with van der Waals surface area (Å²) in [5, 5.41) is 16.1. The lowest BCUT2D eigenvalue weighted by molar-refractivity contribution is -0.118. The number of aryl methyl sites for hydroxylation is 1. The number of para-hydroxylation sites is 1. The minimum atomic E-state index is -0.158. The molecule has 4 heteroatoms. The fourth-order valence-corrected chi connectivity index (χ4v) is 3.57. The Bertz CT molecular complexity index is 503. The molecule has 1 fully saturated rings. The smallest absolute Gasteiger partial charge is 0.241 e. The second-order valence-electron chi connectivity index (χ2n) is 6.24. The van der Waals surface area contributed by atoms with Gasteiger partial charge in [0, 0.05) is 18.3 Å². The van der Waals surface area contributed by atoms with E-state index in [2.05, 4.69) is 16.7 Å². The molecular formula is C17H24N2O2. The second-order valence-corrected chi connectivity index (χ2v) is 6.24. The summed E-state index contributed by atoms with van der Waals surface area (Å²) in [6.45, 7) is 0.215. The first kappa shape index (κ1) is 14.5. The molecule has 0 bridgehead atoms. The molecule has 3 atom stereocenters. The van der Waals surface area contributed by atoms with Crippen LogP contribution >= 0.6 is 0 Å². The van der Waals surface area contributed by atoms with Gasteiger partial charge in [-0.15, -0.1) is 0 Å². The molecule has 1 aliphatic carbocycles. The first-order valence-corrected chi connectivity index (χ1v) is 8.03. The predicted molar refractivity (Wildman–Crippen MR) is 83.1 cm³/mol. The number of hydrogen-bond donors (Lipinski definition) is 3. The van der Waals surface area contributed by atoms with E-state index >= 15 is 0 Å². The molecule has 1 saturated carbocycles. The Morgan fingerprint density at radius 3 is 2.86 bits per heavy atom. The van der Waals surface area contributed by atoms with Crippen LogP contribution in [0.3, 0.4) is 0 Å². The molecule has 1 aromatic carbocycles. The maximum atomic E-state index is 12.4. The Balaban J connectivity index is 1.68. The van der Waals surface area contributed by atoms with Gasteiger partial charge in [0.2, 0.25) is 5.91 Å². The highest BCUT2D eigenvalue weighted by atomic mass is 16.3. The number of aliphatic hydroxyl groups is 1. The molecule has 0 saturated heterocycles. The van der Waals surface area contributed by atoms with Crippen molar-refractivity contribution < 1.29 is 9.90 Å². The van der Waals surface area contributed by atoms with Gasteiger partial charge >= 0.3 is 0 Å². The van der Waals surface area contributed by atoms with E-state index in [1.165, 1.54) is 18.4 Å². The van der Waals surface area contributed by atoms with Gasteiger partial charge in [0.1, 0.15) is 0 Å². The predicted octanol–water partition coefficient (Wildman–Crippen LogP) is 2.08. The van der Waals surface area contributed by atoms with Crippen LogP contribution < -0.4 is 10.6 Å². The van der Waals surface area contributed by atoms with Crippen molar-refractivity contribution in [1.82, 2.24) is 5.32 Å². The molecule has 1 amide bonds. The Hall–Kier alpha value is -1.39. The van der Waals surface area contributed by atoms with Crippen LogP contribution in [0.15, 0.2) is 24.3 Å². The number of benzene rings is 1. The van der Waals surface area contributed by atoms with Crippen molar-refractivity contribution in [3.63, 3.8) is 0 Å². The third kappa shape index (κ3) is 3.27. The van der Waals surface area contributed by atoms with Crippen LogP contribution in [-0.4, -0.2) is 29.7 Å². The Morgan fingerprint density at radius 1 is 1.19 bits per heavy atom. The summed E-state index contributed by atoms with van der Waals surface area (Å²) >= 11 is 0. The summed E-state index contributed by atoms with van der Waals surface area (Å²) in [4.78, 5) is 12.4. The summed E-state index contributed by atoms with van der Waals surface area (Å²) in [6, 6.07) is 8.12. The lowest BCUT2D eigenvalue weighted by Crippen LogP contribution is -2.50. The number of anilines is 1. The molecule has 1 aromatic rings. The van der Waals surface area contributed by atoms with Crippen molar-refractivity contribution in [1.29, 1.82) is 0 Å². The fraction of sp³-hybridized carbons (Fsp3) is 0.588. The number of rotatable bonds is 3. The number of aliphatic hydroxyl groups excluding tert-OH is 1. The molecule has 0 radical (unpaired) electrons. The summed E-state index contributed by atoms with van der Waals surface area (Å²) in [7, 11) is 0. The number of carbonyl (C=O) groups is 1. The van der Waals surface area contributed by atoms with E-state index in [1.54, 1.807) is 0 Å². The van der Waals surface area contributed by atoms with Crippen LogP contribution in [0.5, 0.6) is 0 Å². The molecule has 4 nitrogen and oxygen atoms in total. The first-order chi connectivity index (χ1) is 10.3. The van der Waals surface area contributed by atoms with Crippen molar-refractivity contribution in [2.75, 3.05) is 11.9 Å². The van der Waals surface area contributed by atoms with Gasteiger partial charge in [0.05, 0.1) is 6.04 Å². The van der Waals surface area contributed by atoms with E-state index in [4.69, 9.17) is 0 Å². The van der Waals surface area contributed by atoms with Gasteiger partial charge in [-0.2, -0.15) is 0 Å². The first-order valence-electron chi connectivity index (χ1n) is 8.03. The zero-order chi connectivity index (χ0) is 14.7. The molecule has 1 aliphatic heterocycles. The highest BCUT2D eigenvalue weighted by Gasteiger charge is 2.30. The van der Waals surface area contributed by atoms with E-state index in [-0.39, 0.29) is 30.5 Å². The third-order valence-corrected chi connectivity index (χ3v) is 4.85. The zero-order valence-corrected chi connectivity index (χ0v) is 12.3. The largest absolute Gasteiger partial charge is 0.396 e. The van der Waals surface area contributed by atoms with Gasteiger partial charge in [-0.1, -0.05) is 31.0 Å². The monoisotopic (exact) mass is 288 g/mol. The van der Waals surface area contributed by atoms with Gasteiger partial charge in [0.15, 0.2) is 0 Å². The van der Waals surface area contributed by atoms with Crippen molar-refractivity contribution >= 4 is 11.6 Å². The molecule has 2 aliphatic rings. The maximum Gasteiger partial charge on any atom is 0.241 e. The topological polar surface area (TPSA) is 61.4 Å². The minimum Gasteiger partial charge on any atom is -0.396 e. The molecular weight excluding hydrogens is 264 g/mol. The molecule has 0 aromatic heterocycles. The molecule has 3 N–H and O–H groups in total. The van der Waals surface area contributed by atoms with Crippen LogP contribution in [0.2, 0.25) is 0 Å². The quantitative estimate of drug-likeness (QED) is 0.798. The lowest BCUT2D eigenvalue weighted by Gasteiger charge is -2.33. The molecule has 114 valence electrons. The van der Waals surface area contributed by atoms with E-state index in [1.807, 2.05) is 18.2 Å².